The van der Waals surface area contributed by atoms with Gasteiger partial charge in [-0.05, 0) is 36.6 Å². The summed E-state index contributed by atoms with van der Waals surface area (Å²) in [7, 11) is 1.58. The van der Waals surface area contributed by atoms with Gasteiger partial charge in [-0.2, -0.15) is 0 Å². The van der Waals surface area contributed by atoms with Gasteiger partial charge in [0.2, 0.25) is 5.28 Å². The summed E-state index contributed by atoms with van der Waals surface area (Å²) in [6.07, 6.45) is 2.28. The van der Waals surface area contributed by atoms with Crippen LogP contribution in [0, 0.1) is 0 Å². The van der Waals surface area contributed by atoms with E-state index in [1.165, 1.54) is 0 Å². The van der Waals surface area contributed by atoms with Crippen LogP contribution in [-0.2, 0) is 0 Å². The Morgan fingerprint density at radius 2 is 2.06 bits per heavy atom. The molecule has 0 spiro atoms. The van der Waals surface area contributed by atoms with Crippen LogP contribution in [0.2, 0.25) is 10.3 Å². The van der Waals surface area contributed by atoms with E-state index < -0.39 is 0 Å². The van der Waals surface area contributed by atoms with Gasteiger partial charge in [0.25, 0.3) is 0 Å². The maximum atomic E-state index is 6.10. The molecule has 1 saturated carbocycles. The van der Waals surface area contributed by atoms with Crippen molar-refractivity contribution >= 4 is 23.2 Å². The molecule has 0 saturated heterocycles. The molecule has 1 aliphatic rings. The van der Waals surface area contributed by atoms with Gasteiger partial charge < -0.3 is 4.74 Å². The lowest BCUT2D eigenvalue weighted by Crippen LogP contribution is -2.00. The molecule has 0 amide bonds. The number of benzene rings is 1. The number of hydrogen-bond acceptors (Lipinski definition) is 3. The molecule has 1 aromatic heterocycles. The minimum absolute atomic E-state index is 0.362. The summed E-state index contributed by atoms with van der Waals surface area (Å²) < 4.78 is 7.06. The molecule has 94 valence electrons. The molecule has 1 aliphatic carbocycles. The Labute approximate surface area is 114 Å². The number of nitrogens with zero attached hydrogens (tertiary/aromatic N) is 3. The van der Waals surface area contributed by atoms with Gasteiger partial charge >= 0.3 is 0 Å². The number of hydrogen-bond donors (Lipinski definition) is 0. The van der Waals surface area contributed by atoms with Crippen molar-refractivity contribution in [2.45, 2.75) is 18.8 Å². The second kappa shape index (κ2) is 4.44. The Balaban J connectivity index is 2.11. The molecule has 3 rings (SSSR count). The molecule has 0 N–H and O–H groups in total. The van der Waals surface area contributed by atoms with Gasteiger partial charge in [-0.3, -0.25) is 4.57 Å². The molecule has 0 bridgehead atoms. The zero-order valence-corrected chi connectivity index (χ0v) is 11.2. The van der Waals surface area contributed by atoms with Crippen molar-refractivity contribution < 1.29 is 4.74 Å². The van der Waals surface area contributed by atoms with Gasteiger partial charge in [0.05, 0.1) is 17.8 Å². The van der Waals surface area contributed by atoms with E-state index in [2.05, 4.69) is 10.2 Å². The van der Waals surface area contributed by atoms with Crippen molar-refractivity contribution in [1.82, 2.24) is 14.8 Å². The van der Waals surface area contributed by atoms with Crippen LogP contribution in [0.4, 0.5) is 0 Å². The molecule has 18 heavy (non-hydrogen) atoms. The number of ether oxygens (including phenoxy) is 1. The topological polar surface area (TPSA) is 39.9 Å². The number of halogens is 2. The quantitative estimate of drug-likeness (QED) is 0.866. The van der Waals surface area contributed by atoms with E-state index >= 15 is 0 Å². The molecule has 1 heterocycles. The average molecular weight is 284 g/mol. The van der Waals surface area contributed by atoms with Crippen LogP contribution in [0.15, 0.2) is 18.2 Å². The van der Waals surface area contributed by atoms with Gasteiger partial charge in [0, 0.05) is 12.0 Å². The van der Waals surface area contributed by atoms with Crippen LogP contribution in [0.5, 0.6) is 5.75 Å². The standard InChI is InChI=1S/C12H11Cl2N3O/c1-18-10-6-8(4-5-9(10)13)17-11(7-2-3-7)15-16-12(17)14/h4-7H,2-3H2,1H3. The molecular weight excluding hydrogens is 273 g/mol. The Morgan fingerprint density at radius 1 is 1.28 bits per heavy atom. The first-order valence-electron chi connectivity index (χ1n) is 5.65. The third kappa shape index (κ3) is 1.95. The van der Waals surface area contributed by atoms with Crippen LogP contribution in [-0.4, -0.2) is 21.9 Å². The summed E-state index contributed by atoms with van der Waals surface area (Å²) in [5.41, 5.74) is 0.869. The maximum absolute atomic E-state index is 6.10. The first-order valence-corrected chi connectivity index (χ1v) is 6.41. The van der Waals surface area contributed by atoms with Gasteiger partial charge in [0.1, 0.15) is 11.6 Å². The lowest BCUT2D eigenvalue weighted by molar-refractivity contribution is 0.415. The van der Waals surface area contributed by atoms with E-state index in [4.69, 9.17) is 27.9 Å². The molecule has 0 unspecified atom stereocenters. The highest BCUT2D eigenvalue weighted by Crippen LogP contribution is 2.41. The fourth-order valence-electron chi connectivity index (χ4n) is 1.91. The monoisotopic (exact) mass is 283 g/mol. The van der Waals surface area contributed by atoms with E-state index in [9.17, 15) is 0 Å². The summed E-state index contributed by atoms with van der Waals surface area (Å²) in [5, 5.41) is 9.01. The number of rotatable bonds is 3. The molecular formula is C12H11Cl2N3O. The smallest absolute Gasteiger partial charge is 0.229 e. The van der Waals surface area contributed by atoms with E-state index in [1.807, 2.05) is 16.7 Å². The van der Waals surface area contributed by atoms with E-state index in [0.717, 1.165) is 24.4 Å². The Hall–Kier alpha value is -1.26. The van der Waals surface area contributed by atoms with Crippen molar-refractivity contribution in [2.24, 2.45) is 0 Å². The van der Waals surface area contributed by atoms with E-state index in [1.54, 1.807) is 13.2 Å². The molecule has 0 aliphatic heterocycles. The predicted molar refractivity (Wildman–Crippen MR) is 69.9 cm³/mol. The predicted octanol–water partition coefficient (Wildman–Crippen LogP) is 3.46. The summed E-state index contributed by atoms with van der Waals surface area (Å²) in [4.78, 5) is 0. The highest BCUT2D eigenvalue weighted by molar-refractivity contribution is 6.32. The van der Waals surface area contributed by atoms with Crippen LogP contribution in [0.1, 0.15) is 24.6 Å². The lowest BCUT2D eigenvalue weighted by Gasteiger charge is -2.10. The molecule has 2 aromatic rings. The SMILES string of the molecule is COc1cc(-n2c(Cl)nnc2C2CC2)ccc1Cl. The first-order chi connectivity index (χ1) is 8.70. The Kier molecular flexibility index (Phi) is 2.92. The minimum atomic E-state index is 0.362. The van der Waals surface area contributed by atoms with Crippen molar-refractivity contribution in [1.29, 1.82) is 0 Å². The fourth-order valence-corrected chi connectivity index (χ4v) is 2.33. The van der Waals surface area contributed by atoms with Gasteiger partial charge in [-0.1, -0.05) is 11.6 Å². The highest BCUT2D eigenvalue weighted by atomic mass is 35.5. The van der Waals surface area contributed by atoms with Crippen molar-refractivity contribution in [3.63, 3.8) is 0 Å². The Bertz CT molecular complexity index is 593. The average Bonchev–Trinajstić information content (AvgIpc) is 3.14. The zero-order chi connectivity index (χ0) is 12.7. The molecule has 1 aromatic carbocycles. The van der Waals surface area contributed by atoms with Crippen molar-refractivity contribution in [3.05, 3.63) is 34.3 Å². The summed E-state index contributed by atoms with van der Waals surface area (Å²) in [5.74, 6) is 1.98. The Morgan fingerprint density at radius 3 is 2.72 bits per heavy atom. The maximum Gasteiger partial charge on any atom is 0.229 e. The van der Waals surface area contributed by atoms with Crippen molar-refractivity contribution in [2.75, 3.05) is 7.11 Å². The highest BCUT2D eigenvalue weighted by Gasteiger charge is 2.30. The lowest BCUT2D eigenvalue weighted by atomic mass is 10.3. The van der Waals surface area contributed by atoms with Crippen LogP contribution >= 0.6 is 23.2 Å². The first kappa shape index (κ1) is 11.8. The molecule has 6 heteroatoms. The van der Waals surface area contributed by atoms with Gasteiger partial charge in [0.15, 0.2) is 0 Å². The van der Waals surface area contributed by atoms with Crippen molar-refractivity contribution in [3.8, 4) is 11.4 Å². The van der Waals surface area contributed by atoms with E-state index in [-0.39, 0.29) is 0 Å². The second-order valence-electron chi connectivity index (χ2n) is 4.26. The van der Waals surface area contributed by atoms with Gasteiger partial charge in [-0.15, -0.1) is 10.2 Å². The van der Waals surface area contributed by atoms with E-state index in [0.29, 0.717) is 22.0 Å². The largest absolute Gasteiger partial charge is 0.495 e. The van der Waals surface area contributed by atoms with Crippen LogP contribution in [0.3, 0.4) is 0 Å². The number of methoxy groups -OCH3 is 1. The molecule has 4 nitrogen and oxygen atoms in total. The summed E-state index contributed by atoms with van der Waals surface area (Å²) in [6.45, 7) is 0. The molecule has 1 fully saturated rings. The summed E-state index contributed by atoms with van der Waals surface area (Å²) >= 11 is 12.1. The van der Waals surface area contributed by atoms with Crippen LogP contribution < -0.4 is 4.74 Å². The number of aromatic nitrogens is 3. The molecule has 0 atom stereocenters. The third-order valence-electron chi connectivity index (χ3n) is 2.98. The second-order valence-corrected chi connectivity index (χ2v) is 5.00. The van der Waals surface area contributed by atoms with Gasteiger partial charge in [-0.25, -0.2) is 0 Å². The molecule has 0 radical (unpaired) electrons. The minimum Gasteiger partial charge on any atom is -0.495 e. The fraction of sp³-hybridized carbons (Fsp3) is 0.333. The normalized spacial score (nSPS) is 14.8. The van der Waals surface area contributed by atoms with Crippen LogP contribution in [0.25, 0.3) is 5.69 Å². The third-order valence-corrected chi connectivity index (χ3v) is 3.54. The zero-order valence-electron chi connectivity index (χ0n) is 9.73. The summed E-state index contributed by atoms with van der Waals surface area (Å²) in [6, 6.07) is 5.50.